The maximum atomic E-state index is 12.9. The summed E-state index contributed by atoms with van der Waals surface area (Å²) >= 11 is 4.86. The molecule has 1 aromatic carbocycles. The van der Waals surface area contributed by atoms with Crippen molar-refractivity contribution in [1.29, 1.82) is 0 Å². The molecule has 1 aromatic heterocycles. The number of hydrogen-bond acceptors (Lipinski definition) is 8. The standard InChI is InChI=1S/C27H36ClF2N7O/c1-2-7-31-23-33-24(32-21-3-5-22(6-4-21)38-27(28,29)30)35-25(34-23)36-8-10-37(11-9-36)26-15-18-12-19(16-26)14-20(13-18)17-26/h3-6,18-20H,2,7-17H2,1H3,(H2,31,32,33,34,35). The Morgan fingerprint density at radius 3 is 2.13 bits per heavy atom. The van der Waals surface area contributed by atoms with E-state index in [-0.39, 0.29) is 5.75 Å². The summed E-state index contributed by atoms with van der Waals surface area (Å²) in [7, 11) is 0. The zero-order chi connectivity index (χ0) is 26.3. The molecular formula is C27H36ClF2N7O. The summed E-state index contributed by atoms with van der Waals surface area (Å²) in [5.74, 6) is 4.35. The van der Waals surface area contributed by atoms with Crippen molar-refractivity contribution in [2.24, 2.45) is 17.8 Å². The number of alkyl halides is 3. The van der Waals surface area contributed by atoms with Gasteiger partial charge in [-0.15, -0.1) is 8.78 Å². The average molecular weight is 548 g/mol. The minimum Gasteiger partial charge on any atom is -0.420 e. The van der Waals surface area contributed by atoms with Gasteiger partial charge in [-0.3, -0.25) is 4.90 Å². The van der Waals surface area contributed by atoms with Gasteiger partial charge in [0.05, 0.1) is 0 Å². The molecule has 1 saturated heterocycles. The van der Waals surface area contributed by atoms with E-state index in [0.717, 1.165) is 56.9 Å². The third kappa shape index (κ3) is 5.61. The van der Waals surface area contributed by atoms with Crippen molar-refractivity contribution in [2.45, 2.75) is 63.0 Å². The molecule has 5 fully saturated rings. The second-order valence-electron chi connectivity index (χ2n) is 11.5. The molecule has 7 rings (SSSR count). The zero-order valence-electron chi connectivity index (χ0n) is 21.8. The maximum absolute atomic E-state index is 12.9. The van der Waals surface area contributed by atoms with E-state index in [9.17, 15) is 8.78 Å². The first kappa shape index (κ1) is 25.8. The third-order valence-electron chi connectivity index (χ3n) is 8.74. The molecule has 2 heterocycles. The molecule has 4 aliphatic carbocycles. The van der Waals surface area contributed by atoms with E-state index in [1.165, 1.54) is 50.7 Å². The average Bonchev–Trinajstić information content (AvgIpc) is 2.87. The predicted octanol–water partition coefficient (Wildman–Crippen LogP) is 5.70. The molecular weight excluding hydrogens is 512 g/mol. The van der Waals surface area contributed by atoms with E-state index >= 15 is 0 Å². The molecule has 0 unspecified atom stereocenters. The monoisotopic (exact) mass is 547 g/mol. The van der Waals surface area contributed by atoms with Gasteiger partial charge in [0, 0.05) is 55.6 Å². The van der Waals surface area contributed by atoms with Gasteiger partial charge in [-0.1, -0.05) is 6.92 Å². The Morgan fingerprint density at radius 2 is 1.55 bits per heavy atom. The molecule has 11 heteroatoms. The third-order valence-corrected chi connectivity index (χ3v) is 8.82. The van der Waals surface area contributed by atoms with Crippen LogP contribution < -0.4 is 20.3 Å². The van der Waals surface area contributed by atoms with E-state index in [2.05, 4.69) is 37.1 Å². The molecule has 2 aromatic rings. The van der Waals surface area contributed by atoms with Gasteiger partial charge in [0.25, 0.3) is 0 Å². The first-order chi connectivity index (χ1) is 18.3. The van der Waals surface area contributed by atoms with Crippen LogP contribution in [0.15, 0.2) is 24.3 Å². The molecule has 0 atom stereocenters. The number of nitrogens with zero attached hydrogens (tertiary/aromatic N) is 5. The quantitative estimate of drug-likeness (QED) is 0.387. The number of nitrogens with one attached hydrogen (secondary N) is 2. The Morgan fingerprint density at radius 1 is 0.947 bits per heavy atom. The summed E-state index contributed by atoms with van der Waals surface area (Å²) in [5, 5.41) is 6.45. The van der Waals surface area contributed by atoms with Gasteiger partial charge < -0.3 is 20.3 Å². The molecule has 0 spiro atoms. The number of halogens is 3. The van der Waals surface area contributed by atoms with Crippen molar-refractivity contribution in [3.63, 3.8) is 0 Å². The number of anilines is 4. The highest BCUT2D eigenvalue weighted by molar-refractivity contribution is 6.20. The molecule has 206 valence electrons. The topological polar surface area (TPSA) is 78.4 Å². The van der Waals surface area contributed by atoms with Crippen LogP contribution in [0.25, 0.3) is 0 Å². The van der Waals surface area contributed by atoms with Crippen molar-refractivity contribution in [1.82, 2.24) is 19.9 Å². The van der Waals surface area contributed by atoms with Gasteiger partial charge in [-0.05, 0) is 87.0 Å². The smallest absolute Gasteiger partial charge is 0.420 e. The Kier molecular flexibility index (Phi) is 6.97. The lowest BCUT2D eigenvalue weighted by molar-refractivity contribution is -0.0964. The summed E-state index contributed by atoms with van der Waals surface area (Å²) in [6.07, 6.45) is 9.48. The lowest BCUT2D eigenvalue weighted by Crippen LogP contribution is -2.64. The zero-order valence-corrected chi connectivity index (χ0v) is 22.6. The van der Waals surface area contributed by atoms with Crippen molar-refractivity contribution in [3.05, 3.63) is 24.3 Å². The van der Waals surface area contributed by atoms with E-state index in [1.807, 2.05) is 0 Å². The van der Waals surface area contributed by atoms with Gasteiger partial charge in [-0.2, -0.15) is 15.0 Å². The molecule has 0 radical (unpaired) electrons. The fourth-order valence-electron chi connectivity index (χ4n) is 7.58. The minimum atomic E-state index is -3.75. The number of hydrogen-bond donors (Lipinski definition) is 2. The van der Waals surface area contributed by atoms with Crippen LogP contribution in [0.1, 0.15) is 51.9 Å². The molecule has 8 nitrogen and oxygen atoms in total. The molecule has 4 saturated carbocycles. The second kappa shape index (κ2) is 10.3. The van der Waals surface area contributed by atoms with Crippen molar-refractivity contribution >= 4 is 35.1 Å². The van der Waals surface area contributed by atoms with E-state index < -0.39 is 5.57 Å². The van der Waals surface area contributed by atoms with E-state index in [0.29, 0.717) is 29.1 Å². The van der Waals surface area contributed by atoms with E-state index in [4.69, 9.17) is 21.6 Å². The molecule has 1 aliphatic heterocycles. The van der Waals surface area contributed by atoms with Gasteiger partial charge in [0.1, 0.15) is 5.75 Å². The minimum absolute atomic E-state index is 0.0333. The fourth-order valence-corrected chi connectivity index (χ4v) is 7.67. The normalized spacial score (nSPS) is 28.9. The largest absolute Gasteiger partial charge is 0.487 e. The summed E-state index contributed by atoms with van der Waals surface area (Å²) in [5.41, 5.74) is -2.69. The van der Waals surface area contributed by atoms with Crippen LogP contribution in [0.4, 0.5) is 32.3 Å². The number of piperazine rings is 1. The Hall–Kier alpha value is -2.46. The van der Waals surface area contributed by atoms with E-state index in [1.54, 1.807) is 12.1 Å². The lowest BCUT2D eigenvalue weighted by atomic mass is 9.52. The predicted molar refractivity (Wildman–Crippen MR) is 144 cm³/mol. The highest BCUT2D eigenvalue weighted by Gasteiger charge is 2.53. The van der Waals surface area contributed by atoms with Crippen LogP contribution >= 0.6 is 11.6 Å². The number of ether oxygens (including phenoxy) is 1. The summed E-state index contributed by atoms with van der Waals surface area (Å²) < 4.78 is 30.2. The summed E-state index contributed by atoms with van der Waals surface area (Å²) in [4.78, 5) is 19.0. The van der Waals surface area contributed by atoms with Crippen molar-refractivity contribution < 1.29 is 13.5 Å². The summed E-state index contributed by atoms with van der Waals surface area (Å²) in [6, 6.07) is 6.07. The summed E-state index contributed by atoms with van der Waals surface area (Å²) in [6.45, 7) is 6.68. The highest BCUT2D eigenvalue weighted by atomic mass is 35.5. The SMILES string of the molecule is CCCNc1nc(Nc2ccc(OC(F)(F)Cl)cc2)nc(N2CCN(C34CC5CC(CC(C5)C3)C4)CC2)n1. The fraction of sp³-hybridized carbons (Fsp3) is 0.667. The molecule has 4 bridgehead atoms. The van der Waals surface area contributed by atoms with Crippen LogP contribution in [0.3, 0.4) is 0 Å². The highest BCUT2D eigenvalue weighted by Crippen LogP contribution is 2.57. The molecule has 0 amide bonds. The van der Waals surface area contributed by atoms with Gasteiger partial charge >= 0.3 is 5.57 Å². The van der Waals surface area contributed by atoms with Gasteiger partial charge in [0.15, 0.2) is 0 Å². The van der Waals surface area contributed by atoms with Crippen LogP contribution in [0, 0.1) is 17.8 Å². The second-order valence-corrected chi connectivity index (χ2v) is 12.0. The molecule has 2 N–H and O–H groups in total. The molecule has 38 heavy (non-hydrogen) atoms. The van der Waals surface area contributed by atoms with Crippen LogP contribution in [0.5, 0.6) is 5.75 Å². The van der Waals surface area contributed by atoms with Crippen molar-refractivity contribution in [3.8, 4) is 5.75 Å². The number of benzene rings is 1. The van der Waals surface area contributed by atoms with Gasteiger partial charge in [0.2, 0.25) is 17.8 Å². The Labute approximate surface area is 227 Å². The van der Waals surface area contributed by atoms with Crippen LogP contribution in [-0.4, -0.2) is 63.7 Å². The number of aromatic nitrogens is 3. The number of rotatable bonds is 9. The maximum Gasteiger partial charge on any atom is 0.487 e. The van der Waals surface area contributed by atoms with Crippen LogP contribution in [-0.2, 0) is 0 Å². The van der Waals surface area contributed by atoms with Gasteiger partial charge in [-0.25, -0.2) is 0 Å². The first-order valence-electron chi connectivity index (χ1n) is 13.9. The van der Waals surface area contributed by atoms with Crippen LogP contribution in [0.2, 0.25) is 0 Å². The Balaban J connectivity index is 1.15. The Bertz CT molecular complexity index is 1090. The van der Waals surface area contributed by atoms with Crippen molar-refractivity contribution in [2.75, 3.05) is 48.3 Å². The lowest BCUT2D eigenvalue weighted by Gasteiger charge is -2.61. The first-order valence-corrected chi connectivity index (χ1v) is 14.3. The molecule has 5 aliphatic rings.